The van der Waals surface area contributed by atoms with E-state index in [1.165, 1.54) is 7.11 Å². The number of hydrogen-bond acceptors (Lipinski definition) is 5. The molecule has 0 bridgehead atoms. The highest BCUT2D eigenvalue weighted by molar-refractivity contribution is 5.75. The monoisotopic (exact) mass is 310 g/mol. The summed E-state index contributed by atoms with van der Waals surface area (Å²) in [6.07, 6.45) is -0.705. The maximum atomic E-state index is 11.7. The number of carboxylic acids is 1. The summed E-state index contributed by atoms with van der Waals surface area (Å²) in [5.74, 6) is -0.704. The molecule has 1 aromatic carbocycles. The van der Waals surface area contributed by atoms with Crippen LogP contribution in [0.5, 0.6) is 5.75 Å². The van der Waals surface area contributed by atoms with Crippen molar-refractivity contribution < 1.29 is 28.9 Å². The van der Waals surface area contributed by atoms with Gasteiger partial charge in [-0.1, -0.05) is 12.1 Å². The largest absolute Gasteiger partial charge is 0.490 e. The number of hydrogen-bond donors (Lipinski definition) is 1. The van der Waals surface area contributed by atoms with Gasteiger partial charge in [0.05, 0.1) is 13.0 Å². The van der Waals surface area contributed by atoms with E-state index in [1.54, 1.807) is 26.0 Å². The molecule has 1 aromatic rings. The van der Waals surface area contributed by atoms with Crippen molar-refractivity contribution in [1.82, 2.24) is 0 Å². The van der Waals surface area contributed by atoms with Gasteiger partial charge in [-0.05, 0) is 31.5 Å². The first-order chi connectivity index (χ1) is 10.5. The Morgan fingerprint density at radius 1 is 1.23 bits per heavy atom. The van der Waals surface area contributed by atoms with Crippen molar-refractivity contribution in [2.75, 3.05) is 13.7 Å². The molecule has 0 heterocycles. The molecule has 1 N–H and O–H groups in total. The fourth-order valence-corrected chi connectivity index (χ4v) is 1.94. The molecule has 22 heavy (non-hydrogen) atoms. The van der Waals surface area contributed by atoms with E-state index in [2.05, 4.69) is 0 Å². The van der Waals surface area contributed by atoms with Gasteiger partial charge in [0.2, 0.25) is 0 Å². The van der Waals surface area contributed by atoms with E-state index >= 15 is 0 Å². The highest BCUT2D eigenvalue weighted by atomic mass is 16.6. The molecule has 0 radical (unpaired) electrons. The highest BCUT2D eigenvalue weighted by Gasteiger charge is 2.19. The third-order valence-electron chi connectivity index (χ3n) is 2.98. The summed E-state index contributed by atoms with van der Waals surface area (Å²) in [5.41, 5.74) is 0.901. The Hall–Kier alpha value is -2.08. The Kier molecular flexibility index (Phi) is 7.39. The van der Waals surface area contributed by atoms with E-state index in [1.807, 2.05) is 12.1 Å². The zero-order chi connectivity index (χ0) is 16.5. The average molecular weight is 310 g/mol. The van der Waals surface area contributed by atoms with Crippen LogP contribution in [0.2, 0.25) is 0 Å². The minimum Gasteiger partial charge on any atom is -0.490 e. The molecule has 0 aromatic heterocycles. The number of carbonyl (C=O) groups is 2. The summed E-state index contributed by atoms with van der Waals surface area (Å²) < 4.78 is 15.6. The molecule has 2 atom stereocenters. The molecule has 1 unspecified atom stereocenters. The van der Waals surface area contributed by atoms with Gasteiger partial charge in [-0.25, -0.2) is 4.79 Å². The first kappa shape index (κ1) is 18.0. The topological polar surface area (TPSA) is 82.1 Å². The van der Waals surface area contributed by atoms with Crippen molar-refractivity contribution in [3.05, 3.63) is 29.8 Å². The average Bonchev–Trinajstić information content (AvgIpc) is 2.45. The first-order valence-electron chi connectivity index (χ1n) is 7.13. The molecule has 122 valence electrons. The predicted octanol–water partition coefficient (Wildman–Crippen LogP) is 2.05. The van der Waals surface area contributed by atoms with Gasteiger partial charge < -0.3 is 19.3 Å². The van der Waals surface area contributed by atoms with Gasteiger partial charge in [0.25, 0.3) is 0 Å². The fourth-order valence-electron chi connectivity index (χ4n) is 1.94. The number of carboxylic acid groups (broad SMARTS) is 1. The third-order valence-corrected chi connectivity index (χ3v) is 2.98. The maximum Gasteiger partial charge on any atom is 0.335 e. The van der Waals surface area contributed by atoms with Crippen LogP contribution in [0.25, 0.3) is 0 Å². The van der Waals surface area contributed by atoms with E-state index in [4.69, 9.17) is 19.3 Å². The maximum absolute atomic E-state index is 11.7. The van der Waals surface area contributed by atoms with Crippen LogP contribution in [0.3, 0.4) is 0 Å². The molecule has 0 aliphatic carbocycles. The van der Waals surface area contributed by atoms with Gasteiger partial charge >= 0.3 is 11.9 Å². The van der Waals surface area contributed by atoms with Crippen LogP contribution >= 0.6 is 0 Å². The van der Waals surface area contributed by atoms with Crippen LogP contribution in [-0.2, 0) is 25.5 Å². The van der Waals surface area contributed by atoms with E-state index in [-0.39, 0.29) is 12.4 Å². The Morgan fingerprint density at radius 2 is 1.86 bits per heavy atom. The number of ether oxygens (including phenoxy) is 3. The van der Waals surface area contributed by atoms with Crippen LogP contribution in [-0.4, -0.2) is 43.0 Å². The standard InChI is InChI=1S/C16H22O6/c1-4-21-16(19)14(20-3)10-12-5-7-13(8-6-12)22-11(2)9-15(17)18/h5-8,11,14H,4,9-10H2,1-3H3,(H,17,18)/t11?,14-/m0/s1. The summed E-state index contributed by atoms with van der Waals surface area (Å²) in [4.78, 5) is 22.3. The first-order valence-corrected chi connectivity index (χ1v) is 7.13. The molecular weight excluding hydrogens is 288 g/mol. The second-order valence-electron chi connectivity index (χ2n) is 4.85. The minimum atomic E-state index is -0.901. The van der Waals surface area contributed by atoms with Crippen molar-refractivity contribution in [2.24, 2.45) is 0 Å². The molecule has 0 amide bonds. The quantitative estimate of drug-likeness (QED) is 0.703. The number of methoxy groups -OCH3 is 1. The Labute approximate surface area is 130 Å². The summed E-state index contributed by atoms with van der Waals surface area (Å²) >= 11 is 0. The van der Waals surface area contributed by atoms with E-state index in [0.717, 1.165) is 5.56 Å². The number of carbonyl (C=O) groups excluding carboxylic acids is 1. The summed E-state index contributed by atoms with van der Waals surface area (Å²) in [5, 5.41) is 8.69. The van der Waals surface area contributed by atoms with Crippen LogP contribution < -0.4 is 4.74 Å². The van der Waals surface area contributed by atoms with E-state index in [0.29, 0.717) is 18.8 Å². The third kappa shape index (κ3) is 6.13. The van der Waals surface area contributed by atoms with Gasteiger partial charge in [0.1, 0.15) is 11.9 Å². The van der Waals surface area contributed by atoms with E-state index in [9.17, 15) is 9.59 Å². The molecule has 6 nitrogen and oxygen atoms in total. The zero-order valence-electron chi connectivity index (χ0n) is 13.1. The molecular formula is C16H22O6. The van der Waals surface area contributed by atoms with Gasteiger partial charge in [-0.15, -0.1) is 0 Å². The SMILES string of the molecule is CCOC(=O)[C@H](Cc1ccc(OC(C)CC(=O)O)cc1)OC. The second-order valence-corrected chi connectivity index (χ2v) is 4.85. The Morgan fingerprint density at radius 3 is 2.36 bits per heavy atom. The van der Waals surface area contributed by atoms with Crippen LogP contribution in [0.4, 0.5) is 0 Å². The molecule has 0 saturated carbocycles. The molecule has 0 fully saturated rings. The minimum absolute atomic E-state index is 0.0592. The van der Waals surface area contributed by atoms with Crippen molar-refractivity contribution in [1.29, 1.82) is 0 Å². The lowest BCUT2D eigenvalue weighted by Crippen LogP contribution is -2.27. The smallest absolute Gasteiger partial charge is 0.335 e. The molecule has 0 spiro atoms. The molecule has 0 saturated heterocycles. The highest BCUT2D eigenvalue weighted by Crippen LogP contribution is 2.16. The van der Waals surface area contributed by atoms with Crippen LogP contribution in [0.15, 0.2) is 24.3 Å². The van der Waals surface area contributed by atoms with Gasteiger partial charge in [0.15, 0.2) is 6.10 Å². The van der Waals surface area contributed by atoms with Crippen molar-refractivity contribution in [3.8, 4) is 5.75 Å². The zero-order valence-corrected chi connectivity index (χ0v) is 13.1. The lowest BCUT2D eigenvalue weighted by molar-refractivity contribution is -0.154. The predicted molar refractivity (Wildman–Crippen MR) is 79.9 cm³/mol. The normalized spacial score (nSPS) is 13.2. The van der Waals surface area contributed by atoms with Crippen LogP contribution in [0, 0.1) is 0 Å². The lowest BCUT2D eigenvalue weighted by atomic mass is 10.1. The Bertz CT molecular complexity index is 482. The number of benzene rings is 1. The second kappa shape index (κ2) is 9.04. The number of esters is 1. The Balaban J connectivity index is 2.60. The van der Waals surface area contributed by atoms with Gasteiger partial charge in [-0.2, -0.15) is 0 Å². The summed E-state index contributed by atoms with van der Waals surface area (Å²) in [6.45, 7) is 3.76. The van der Waals surface area contributed by atoms with Crippen LogP contribution in [0.1, 0.15) is 25.8 Å². The molecule has 0 aliphatic heterocycles. The van der Waals surface area contributed by atoms with Crippen molar-refractivity contribution in [2.45, 2.75) is 38.9 Å². The molecule has 1 rings (SSSR count). The number of aliphatic carboxylic acids is 1. The van der Waals surface area contributed by atoms with Gasteiger partial charge in [0, 0.05) is 13.5 Å². The molecule has 6 heteroatoms. The lowest BCUT2D eigenvalue weighted by Gasteiger charge is -2.15. The summed E-state index contributed by atoms with van der Waals surface area (Å²) in [6, 6.07) is 7.11. The number of rotatable bonds is 9. The fraction of sp³-hybridized carbons (Fsp3) is 0.500. The van der Waals surface area contributed by atoms with Crippen molar-refractivity contribution >= 4 is 11.9 Å². The molecule has 0 aliphatic rings. The van der Waals surface area contributed by atoms with Crippen molar-refractivity contribution in [3.63, 3.8) is 0 Å². The summed E-state index contributed by atoms with van der Waals surface area (Å²) in [7, 11) is 1.46. The van der Waals surface area contributed by atoms with E-state index < -0.39 is 18.2 Å². The van der Waals surface area contributed by atoms with Gasteiger partial charge in [-0.3, -0.25) is 4.79 Å².